The molecule has 74 valence electrons. The molecule has 2 rings (SSSR count). The highest BCUT2D eigenvalue weighted by atomic mass is 16.4. The molecule has 3 heteroatoms. The van der Waals surface area contributed by atoms with Gasteiger partial charge < -0.3 is 10.4 Å². The van der Waals surface area contributed by atoms with Gasteiger partial charge in [-0.2, -0.15) is 0 Å². The molecule has 2 aliphatic carbocycles. The molecule has 2 aliphatic rings. The molecule has 0 saturated heterocycles. The quantitative estimate of drug-likeness (QED) is 0.686. The third kappa shape index (κ3) is 1.57. The molecule has 0 aromatic rings. The molecule has 0 aromatic heterocycles. The Hall–Kier alpha value is -0.570. The highest BCUT2D eigenvalue weighted by molar-refractivity contribution is 5.73. The van der Waals surface area contributed by atoms with Crippen molar-refractivity contribution in [3.8, 4) is 0 Å². The minimum absolute atomic E-state index is 0.0574. The van der Waals surface area contributed by atoms with Crippen LogP contribution in [0, 0.1) is 17.8 Å². The Morgan fingerprint density at radius 2 is 2.23 bits per heavy atom. The van der Waals surface area contributed by atoms with Crippen LogP contribution < -0.4 is 5.32 Å². The van der Waals surface area contributed by atoms with Gasteiger partial charge in [0.25, 0.3) is 0 Å². The van der Waals surface area contributed by atoms with E-state index in [4.69, 9.17) is 5.11 Å². The fourth-order valence-corrected chi connectivity index (χ4v) is 2.49. The van der Waals surface area contributed by atoms with E-state index in [-0.39, 0.29) is 5.92 Å². The van der Waals surface area contributed by atoms with Crippen molar-refractivity contribution >= 4 is 5.97 Å². The van der Waals surface area contributed by atoms with Crippen LogP contribution in [0.3, 0.4) is 0 Å². The minimum atomic E-state index is -0.607. The first-order valence-corrected chi connectivity index (χ1v) is 5.14. The fourth-order valence-electron chi connectivity index (χ4n) is 2.49. The van der Waals surface area contributed by atoms with E-state index in [9.17, 15) is 4.79 Å². The van der Waals surface area contributed by atoms with Crippen molar-refractivity contribution in [2.24, 2.45) is 17.8 Å². The maximum atomic E-state index is 10.7. The lowest BCUT2D eigenvalue weighted by Crippen LogP contribution is -2.39. The monoisotopic (exact) mass is 183 g/mol. The third-order valence-electron chi connectivity index (χ3n) is 3.61. The first-order valence-electron chi connectivity index (χ1n) is 5.14. The van der Waals surface area contributed by atoms with E-state index in [1.807, 2.05) is 7.05 Å². The van der Waals surface area contributed by atoms with Crippen molar-refractivity contribution in [1.29, 1.82) is 0 Å². The van der Waals surface area contributed by atoms with Crippen molar-refractivity contribution in [2.75, 3.05) is 7.05 Å². The predicted molar refractivity (Wildman–Crippen MR) is 49.4 cm³/mol. The largest absolute Gasteiger partial charge is 0.481 e. The third-order valence-corrected chi connectivity index (χ3v) is 3.61. The summed E-state index contributed by atoms with van der Waals surface area (Å²) in [6.45, 7) is 0. The number of aliphatic carboxylic acids is 1. The molecule has 0 bridgehead atoms. The number of hydrogen-bond donors (Lipinski definition) is 2. The lowest BCUT2D eigenvalue weighted by atomic mass is 9.77. The summed E-state index contributed by atoms with van der Waals surface area (Å²) in [5.41, 5.74) is 0. The molecule has 0 heterocycles. The van der Waals surface area contributed by atoms with Crippen molar-refractivity contribution in [3.05, 3.63) is 0 Å². The average Bonchev–Trinajstić information content (AvgIpc) is 2.74. The molecule has 3 atom stereocenters. The van der Waals surface area contributed by atoms with Crippen LogP contribution in [0.2, 0.25) is 0 Å². The van der Waals surface area contributed by atoms with E-state index in [0.29, 0.717) is 12.0 Å². The van der Waals surface area contributed by atoms with E-state index in [0.717, 1.165) is 12.3 Å². The Morgan fingerprint density at radius 3 is 2.54 bits per heavy atom. The number of carboxylic acid groups (broad SMARTS) is 1. The topological polar surface area (TPSA) is 49.3 Å². The van der Waals surface area contributed by atoms with Gasteiger partial charge in [0.05, 0.1) is 5.92 Å². The number of hydrogen-bond acceptors (Lipinski definition) is 2. The summed E-state index contributed by atoms with van der Waals surface area (Å²) >= 11 is 0. The second-order valence-electron chi connectivity index (χ2n) is 4.35. The van der Waals surface area contributed by atoms with Crippen LogP contribution in [0.4, 0.5) is 0 Å². The summed E-state index contributed by atoms with van der Waals surface area (Å²) in [5.74, 6) is 0.495. The Labute approximate surface area is 78.5 Å². The van der Waals surface area contributed by atoms with Gasteiger partial charge in [0, 0.05) is 6.04 Å². The lowest BCUT2D eigenvalue weighted by Gasteiger charge is -2.33. The minimum Gasteiger partial charge on any atom is -0.481 e. The maximum absolute atomic E-state index is 10.7. The molecule has 0 amide bonds. The molecular weight excluding hydrogens is 166 g/mol. The average molecular weight is 183 g/mol. The molecule has 13 heavy (non-hydrogen) atoms. The van der Waals surface area contributed by atoms with Crippen LogP contribution >= 0.6 is 0 Å². The van der Waals surface area contributed by atoms with Gasteiger partial charge in [-0.3, -0.25) is 4.79 Å². The van der Waals surface area contributed by atoms with Crippen LogP contribution in [0.15, 0.2) is 0 Å². The van der Waals surface area contributed by atoms with Crippen LogP contribution in [0.1, 0.15) is 25.7 Å². The van der Waals surface area contributed by atoms with Gasteiger partial charge >= 0.3 is 5.97 Å². The van der Waals surface area contributed by atoms with E-state index >= 15 is 0 Å². The molecule has 2 fully saturated rings. The zero-order valence-electron chi connectivity index (χ0n) is 7.99. The molecule has 3 unspecified atom stereocenters. The zero-order chi connectivity index (χ0) is 9.42. The lowest BCUT2D eigenvalue weighted by molar-refractivity contribution is -0.139. The molecular formula is C10H17NO2. The van der Waals surface area contributed by atoms with Crippen LogP contribution in [-0.2, 0) is 4.79 Å². The van der Waals surface area contributed by atoms with E-state index in [1.165, 1.54) is 19.3 Å². The number of rotatable bonds is 4. The zero-order valence-corrected chi connectivity index (χ0v) is 7.99. The molecule has 3 nitrogen and oxygen atoms in total. The summed E-state index contributed by atoms with van der Waals surface area (Å²) in [6.07, 6.45) is 4.79. The van der Waals surface area contributed by atoms with E-state index in [2.05, 4.69) is 5.32 Å². The number of carboxylic acids is 1. The van der Waals surface area contributed by atoms with Gasteiger partial charge in [0.15, 0.2) is 0 Å². The van der Waals surface area contributed by atoms with Gasteiger partial charge in [-0.15, -0.1) is 0 Å². The predicted octanol–water partition coefficient (Wildman–Crippen LogP) is 1.10. The Kier molecular flexibility index (Phi) is 2.28. The van der Waals surface area contributed by atoms with Gasteiger partial charge in [-0.25, -0.2) is 0 Å². The van der Waals surface area contributed by atoms with Crippen molar-refractivity contribution in [1.82, 2.24) is 5.32 Å². The molecule has 0 aromatic carbocycles. The summed E-state index contributed by atoms with van der Waals surface area (Å²) in [6, 6.07) is 0.467. The summed E-state index contributed by atoms with van der Waals surface area (Å²) in [5, 5.41) is 12.1. The second-order valence-corrected chi connectivity index (χ2v) is 4.35. The van der Waals surface area contributed by atoms with Crippen LogP contribution in [0.5, 0.6) is 0 Å². The highest BCUT2D eigenvalue weighted by Crippen LogP contribution is 2.47. The van der Waals surface area contributed by atoms with Crippen molar-refractivity contribution in [2.45, 2.75) is 31.7 Å². The number of nitrogens with one attached hydrogen (secondary N) is 1. The Bertz CT molecular complexity index is 213. The molecule has 0 spiro atoms. The van der Waals surface area contributed by atoms with Crippen LogP contribution in [-0.4, -0.2) is 24.2 Å². The second kappa shape index (κ2) is 3.29. The maximum Gasteiger partial charge on any atom is 0.306 e. The highest BCUT2D eigenvalue weighted by Gasteiger charge is 2.50. The summed E-state index contributed by atoms with van der Waals surface area (Å²) in [7, 11) is 1.96. The summed E-state index contributed by atoms with van der Waals surface area (Å²) < 4.78 is 0. The first kappa shape index (κ1) is 9.00. The first-order chi connectivity index (χ1) is 6.24. The van der Waals surface area contributed by atoms with Gasteiger partial charge in [-0.05, 0) is 38.1 Å². The Balaban J connectivity index is 1.88. The van der Waals surface area contributed by atoms with E-state index < -0.39 is 5.97 Å². The molecule has 2 saturated carbocycles. The Morgan fingerprint density at radius 1 is 1.54 bits per heavy atom. The summed E-state index contributed by atoms with van der Waals surface area (Å²) in [4.78, 5) is 10.7. The fraction of sp³-hybridized carbons (Fsp3) is 0.900. The normalized spacial score (nSPS) is 35.2. The molecule has 0 radical (unpaired) electrons. The molecule has 2 N–H and O–H groups in total. The van der Waals surface area contributed by atoms with E-state index in [1.54, 1.807) is 0 Å². The SMILES string of the molecule is CNC(C1CCC1)C1CC1C(=O)O. The smallest absolute Gasteiger partial charge is 0.306 e. The standard InChI is InChI=1S/C10H17NO2/c1-11-9(6-3-2-4-6)7-5-8(7)10(12)13/h6-9,11H,2-5H2,1H3,(H,12,13). The van der Waals surface area contributed by atoms with Crippen LogP contribution in [0.25, 0.3) is 0 Å². The van der Waals surface area contributed by atoms with Gasteiger partial charge in [0.2, 0.25) is 0 Å². The number of carbonyl (C=O) groups is 1. The van der Waals surface area contributed by atoms with Gasteiger partial charge in [0.1, 0.15) is 0 Å². The van der Waals surface area contributed by atoms with Gasteiger partial charge in [-0.1, -0.05) is 6.42 Å². The van der Waals surface area contributed by atoms with Crippen molar-refractivity contribution < 1.29 is 9.90 Å². The van der Waals surface area contributed by atoms with Crippen molar-refractivity contribution in [3.63, 3.8) is 0 Å². The molecule has 0 aliphatic heterocycles.